The Morgan fingerprint density at radius 1 is 1.18 bits per heavy atom. The first-order chi connectivity index (χ1) is 10.2. The van der Waals surface area contributed by atoms with Gasteiger partial charge < -0.3 is 9.29 Å². The van der Waals surface area contributed by atoms with Crippen LogP contribution in [0.2, 0.25) is 0 Å². The maximum atomic E-state index is 13.0. The second-order valence-corrected chi connectivity index (χ2v) is 5.42. The number of hydrogen-bond acceptors (Lipinski definition) is 4. The zero-order valence-electron chi connectivity index (χ0n) is 11.3. The van der Waals surface area contributed by atoms with E-state index >= 15 is 0 Å². The van der Waals surface area contributed by atoms with E-state index in [-0.39, 0.29) is 6.42 Å². The maximum absolute atomic E-state index is 13.0. The Kier molecular flexibility index (Phi) is 6.48. The van der Waals surface area contributed by atoms with Crippen LogP contribution in [0.15, 0.2) is 30.3 Å². The van der Waals surface area contributed by atoms with Gasteiger partial charge in [-0.15, -0.1) is 0 Å². The van der Waals surface area contributed by atoms with Gasteiger partial charge in [0.05, 0.1) is 13.0 Å². The molecule has 9 heteroatoms. The summed E-state index contributed by atoms with van der Waals surface area (Å²) in [7, 11) is 0. The topological polar surface area (TPSA) is 66.4 Å². The fourth-order valence-corrected chi connectivity index (χ4v) is 1.91. The predicted molar refractivity (Wildman–Crippen MR) is 69.2 cm³/mol. The SMILES string of the molecule is O=C(Cc1ccccc1)OCCCC(F)(F)C(F)(F)S(=O)[O-]. The molecule has 1 unspecified atom stereocenters. The molecule has 4 nitrogen and oxygen atoms in total. The summed E-state index contributed by atoms with van der Waals surface area (Å²) in [5, 5.41) is -5.15. The van der Waals surface area contributed by atoms with Gasteiger partial charge in [0.1, 0.15) is 0 Å². The average molecular weight is 341 g/mol. The highest BCUT2D eigenvalue weighted by atomic mass is 32.2. The highest BCUT2D eigenvalue weighted by Gasteiger charge is 2.56. The van der Waals surface area contributed by atoms with Crippen LogP contribution in [0.1, 0.15) is 18.4 Å². The van der Waals surface area contributed by atoms with E-state index < -0.39 is 47.7 Å². The van der Waals surface area contributed by atoms with Crippen LogP contribution in [0, 0.1) is 0 Å². The second kappa shape index (κ2) is 7.68. The number of alkyl halides is 4. The van der Waals surface area contributed by atoms with Crippen LogP contribution in [0.3, 0.4) is 0 Å². The maximum Gasteiger partial charge on any atom is 0.371 e. The molecule has 0 radical (unpaired) electrons. The zero-order chi connectivity index (χ0) is 16.8. The van der Waals surface area contributed by atoms with Crippen molar-refractivity contribution in [1.82, 2.24) is 0 Å². The van der Waals surface area contributed by atoms with Crippen molar-refractivity contribution < 1.29 is 35.9 Å². The van der Waals surface area contributed by atoms with Gasteiger partial charge in [0, 0.05) is 17.5 Å². The van der Waals surface area contributed by atoms with E-state index in [1.807, 2.05) is 0 Å². The van der Waals surface area contributed by atoms with Gasteiger partial charge in [-0.25, -0.2) is 0 Å². The number of rotatable bonds is 8. The van der Waals surface area contributed by atoms with Crippen molar-refractivity contribution in [3.05, 3.63) is 35.9 Å². The van der Waals surface area contributed by atoms with Gasteiger partial charge in [0.15, 0.2) is 0 Å². The lowest BCUT2D eigenvalue weighted by Gasteiger charge is -2.27. The van der Waals surface area contributed by atoms with Crippen molar-refractivity contribution in [2.24, 2.45) is 0 Å². The molecule has 0 aliphatic heterocycles. The van der Waals surface area contributed by atoms with E-state index in [1.165, 1.54) is 0 Å². The number of carbonyl (C=O) groups excluding carboxylic acids is 1. The van der Waals surface area contributed by atoms with E-state index in [0.717, 1.165) is 0 Å². The molecule has 0 aromatic heterocycles. The summed E-state index contributed by atoms with van der Waals surface area (Å²) in [5.41, 5.74) is 0.658. The van der Waals surface area contributed by atoms with Crippen molar-refractivity contribution in [1.29, 1.82) is 0 Å². The van der Waals surface area contributed by atoms with Crippen LogP contribution < -0.4 is 0 Å². The average Bonchev–Trinajstić information content (AvgIpc) is 2.44. The van der Waals surface area contributed by atoms with Gasteiger partial charge >= 0.3 is 17.1 Å². The minimum Gasteiger partial charge on any atom is -0.768 e. The summed E-state index contributed by atoms with van der Waals surface area (Å²) in [4.78, 5) is 11.4. The van der Waals surface area contributed by atoms with Gasteiger partial charge in [-0.3, -0.25) is 9.00 Å². The first-order valence-electron chi connectivity index (χ1n) is 6.21. The molecule has 0 spiro atoms. The molecule has 1 rings (SSSR count). The molecular formula is C13H13F4O4S-. The van der Waals surface area contributed by atoms with Gasteiger partial charge in [-0.05, 0) is 12.0 Å². The van der Waals surface area contributed by atoms with Crippen molar-refractivity contribution >= 4 is 17.0 Å². The largest absolute Gasteiger partial charge is 0.768 e. The molecule has 1 atom stereocenters. The molecule has 22 heavy (non-hydrogen) atoms. The lowest BCUT2D eigenvalue weighted by Crippen LogP contribution is -2.44. The molecule has 124 valence electrons. The van der Waals surface area contributed by atoms with Crippen LogP contribution in [-0.4, -0.2) is 32.5 Å². The van der Waals surface area contributed by atoms with Crippen molar-refractivity contribution in [2.75, 3.05) is 6.61 Å². The number of esters is 1. The van der Waals surface area contributed by atoms with E-state index in [2.05, 4.69) is 4.74 Å². The Morgan fingerprint density at radius 2 is 1.77 bits per heavy atom. The number of ether oxygens (including phenoxy) is 1. The quantitative estimate of drug-likeness (QED) is 0.316. The minimum absolute atomic E-state index is 0.0715. The molecule has 0 bridgehead atoms. The summed E-state index contributed by atoms with van der Waals surface area (Å²) >= 11 is -4.23. The van der Waals surface area contributed by atoms with Crippen molar-refractivity contribution in [3.63, 3.8) is 0 Å². The first-order valence-corrected chi connectivity index (χ1v) is 7.29. The van der Waals surface area contributed by atoms with Gasteiger partial charge in [-0.1, -0.05) is 30.3 Å². The number of benzene rings is 1. The summed E-state index contributed by atoms with van der Waals surface area (Å²) in [5.74, 6) is -5.40. The molecular weight excluding hydrogens is 328 g/mol. The Labute approximate surface area is 126 Å². The van der Waals surface area contributed by atoms with E-state index in [0.29, 0.717) is 5.56 Å². The second-order valence-electron chi connectivity index (χ2n) is 4.44. The Hall–Kier alpha value is -1.48. The molecule has 1 aromatic carbocycles. The van der Waals surface area contributed by atoms with Gasteiger partial charge in [-0.2, -0.15) is 17.6 Å². The van der Waals surface area contributed by atoms with Crippen molar-refractivity contribution in [2.45, 2.75) is 30.4 Å². The molecule has 0 saturated carbocycles. The molecule has 0 saturated heterocycles. The zero-order valence-corrected chi connectivity index (χ0v) is 12.1. The molecule has 0 aliphatic carbocycles. The van der Waals surface area contributed by atoms with Gasteiger partial charge in [0.25, 0.3) is 0 Å². The van der Waals surface area contributed by atoms with E-state index in [4.69, 9.17) is 0 Å². The predicted octanol–water partition coefficient (Wildman–Crippen LogP) is 2.66. The van der Waals surface area contributed by atoms with Gasteiger partial charge in [0.2, 0.25) is 0 Å². The summed E-state index contributed by atoms with van der Waals surface area (Å²) in [6.45, 7) is -0.497. The van der Waals surface area contributed by atoms with Crippen LogP contribution in [0.4, 0.5) is 17.6 Å². The van der Waals surface area contributed by atoms with Crippen LogP contribution in [-0.2, 0) is 27.0 Å². The Balaban J connectivity index is 2.36. The number of hydrogen-bond donors (Lipinski definition) is 0. The monoisotopic (exact) mass is 341 g/mol. The molecule has 0 N–H and O–H groups in total. The summed E-state index contributed by atoms with van der Waals surface area (Å²) in [6.07, 6.45) is -2.06. The van der Waals surface area contributed by atoms with E-state index in [9.17, 15) is 31.1 Å². The summed E-state index contributed by atoms with van der Waals surface area (Å²) in [6, 6.07) is 8.48. The fraction of sp³-hybridized carbons (Fsp3) is 0.462. The highest BCUT2D eigenvalue weighted by molar-refractivity contribution is 7.80. The van der Waals surface area contributed by atoms with Crippen LogP contribution >= 0.6 is 0 Å². The fourth-order valence-electron chi connectivity index (χ4n) is 1.56. The smallest absolute Gasteiger partial charge is 0.371 e. The molecule has 0 amide bonds. The third kappa shape index (κ3) is 5.06. The van der Waals surface area contributed by atoms with Crippen LogP contribution in [0.25, 0.3) is 0 Å². The minimum atomic E-state index is -5.15. The standard InChI is InChI=1S/C13H14F4O4S/c14-12(15,13(16,17)22(19)20)7-4-8-21-11(18)9-10-5-2-1-3-6-10/h1-3,5-6H,4,7-9H2,(H,19,20)/p-1. The lowest BCUT2D eigenvalue weighted by molar-refractivity contribution is -0.165. The Bertz CT molecular complexity index is 522. The summed E-state index contributed by atoms with van der Waals surface area (Å²) < 4.78 is 76.4. The molecule has 0 aliphatic rings. The highest BCUT2D eigenvalue weighted by Crippen LogP contribution is 2.39. The molecule has 0 fully saturated rings. The van der Waals surface area contributed by atoms with Crippen LogP contribution in [0.5, 0.6) is 0 Å². The number of halogens is 4. The van der Waals surface area contributed by atoms with E-state index in [1.54, 1.807) is 30.3 Å². The normalized spacial score (nSPS) is 13.7. The first kappa shape index (κ1) is 18.6. The lowest BCUT2D eigenvalue weighted by atomic mass is 10.1. The molecule has 1 aromatic rings. The number of carbonyl (C=O) groups is 1. The van der Waals surface area contributed by atoms with Crippen molar-refractivity contribution in [3.8, 4) is 0 Å². The third-order valence-corrected chi connectivity index (χ3v) is 3.44. The molecule has 0 heterocycles. The third-order valence-electron chi connectivity index (χ3n) is 2.72. The Morgan fingerprint density at radius 3 is 2.32 bits per heavy atom.